The van der Waals surface area contributed by atoms with Crippen LogP contribution >= 0.6 is 0 Å². The second kappa shape index (κ2) is 10.1. The highest BCUT2D eigenvalue weighted by Gasteiger charge is 2.18. The molecule has 1 aromatic heterocycles. The van der Waals surface area contributed by atoms with Gasteiger partial charge in [0.1, 0.15) is 11.2 Å². The smallest absolute Gasteiger partial charge is 0.136 e. The highest BCUT2D eigenvalue weighted by Crippen LogP contribution is 2.43. The molecule has 7 aromatic carbocycles. The van der Waals surface area contributed by atoms with E-state index in [0.717, 1.165) is 50.1 Å². The minimum absolute atomic E-state index is 0.896. The van der Waals surface area contributed by atoms with Crippen LogP contribution in [0, 0.1) is 0 Å². The first-order valence-corrected chi connectivity index (χ1v) is 14.3. The molecule has 0 bridgehead atoms. The second-order valence-corrected chi connectivity index (χ2v) is 10.6. The average molecular weight is 538 g/mol. The summed E-state index contributed by atoms with van der Waals surface area (Å²) in [5.41, 5.74) is 9.78. The standard InChI is InChI=1S/C40H27NO/c1-2-15-31(16-3-1)41(32-17-10-14-29(26-32)34-21-11-13-28-12-4-5-18-33(28)34)38-22-8-6-19-35(38)30-24-25-37-36-20-7-9-23-39(36)42-40(37)27-30/h1-27H. The highest BCUT2D eigenvalue weighted by atomic mass is 16.3. The van der Waals surface area contributed by atoms with Crippen molar-refractivity contribution in [2.75, 3.05) is 4.90 Å². The van der Waals surface area contributed by atoms with Crippen LogP contribution in [-0.4, -0.2) is 0 Å². The molecular formula is C40H27NO. The summed E-state index contributed by atoms with van der Waals surface area (Å²) in [5.74, 6) is 0. The van der Waals surface area contributed by atoms with Crippen LogP contribution in [0.3, 0.4) is 0 Å². The number of hydrogen-bond donors (Lipinski definition) is 0. The highest BCUT2D eigenvalue weighted by molar-refractivity contribution is 6.06. The average Bonchev–Trinajstić information content (AvgIpc) is 3.43. The van der Waals surface area contributed by atoms with E-state index in [1.807, 2.05) is 12.1 Å². The molecule has 0 aliphatic heterocycles. The van der Waals surface area contributed by atoms with Gasteiger partial charge in [0.2, 0.25) is 0 Å². The number of furan rings is 1. The number of hydrogen-bond acceptors (Lipinski definition) is 2. The summed E-state index contributed by atoms with van der Waals surface area (Å²) in [6, 6.07) is 58.0. The molecule has 2 nitrogen and oxygen atoms in total. The zero-order chi connectivity index (χ0) is 27.9. The molecule has 8 rings (SSSR count). The molecule has 0 spiro atoms. The topological polar surface area (TPSA) is 16.4 Å². The number of fused-ring (bicyclic) bond motifs is 4. The largest absolute Gasteiger partial charge is 0.456 e. The molecule has 0 aliphatic rings. The maximum absolute atomic E-state index is 6.27. The van der Waals surface area contributed by atoms with E-state index in [0.29, 0.717) is 0 Å². The Morgan fingerprint density at radius 2 is 1.02 bits per heavy atom. The molecule has 0 saturated heterocycles. The van der Waals surface area contributed by atoms with Crippen LogP contribution in [0.15, 0.2) is 168 Å². The SMILES string of the molecule is c1ccc(N(c2cccc(-c3cccc4ccccc34)c2)c2ccccc2-c2ccc3c(c2)oc2ccccc23)cc1. The lowest BCUT2D eigenvalue weighted by atomic mass is 9.97. The summed E-state index contributed by atoms with van der Waals surface area (Å²) in [4.78, 5) is 2.35. The van der Waals surface area contributed by atoms with Gasteiger partial charge in [-0.15, -0.1) is 0 Å². The van der Waals surface area contributed by atoms with Crippen molar-refractivity contribution in [3.8, 4) is 22.3 Å². The van der Waals surface area contributed by atoms with Gasteiger partial charge in [0.05, 0.1) is 5.69 Å². The Morgan fingerprint density at radius 3 is 1.95 bits per heavy atom. The van der Waals surface area contributed by atoms with Gasteiger partial charge in [-0.2, -0.15) is 0 Å². The Bertz CT molecular complexity index is 2200. The number of rotatable bonds is 5. The predicted octanol–water partition coefficient (Wildman–Crippen LogP) is 11.5. The minimum atomic E-state index is 0.896. The molecule has 0 saturated carbocycles. The zero-order valence-corrected chi connectivity index (χ0v) is 22.9. The predicted molar refractivity (Wildman–Crippen MR) is 177 cm³/mol. The summed E-state index contributed by atoms with van der Waals surface area (Å²) in [6.45, 7) is 0. The van der Waals surface area contributed by atoms with Crippen LogP contribution in [0.4, 0.5) is 17.1 Å². The first kappa shape index (κ1) is 24.2. The van der Waals surface area contributed by atoms with Crippen molar-refractivity contribution in [1.82, 2.24) is 0 Å². The fraction of sp³-hybridized carbons (Fsp3) is 0. The molecule has 8 aromatic rings. The van der Waals surface area contributed by atoms with E-state index in [9.17, 15) is 0 Å². The Kier molecular flexibility index (Phi) is 5.82. The molecule has 42 heavy (non-hydrogen) atoms. The van der Waals surface area contributed by atoms with Crippen LogP contribution in [0.25, 0.3) is 55.0 Å². The van der Waals surface area contributed by atoms with E-state index in [4.69, 9.17) is 4.42 Å². The molecular weight excluding hydrogens is 510 g/mol. The van der Waals surface area contributed by atoms with E-state index in [1.165, 1.54) is 21.9 Å². The lowest BCUT2D eigenvalue weighted by molar-refractivity contribution is 0.669. The molecule has 0 amide bonds. The summed E-state index contributed by atoms with van der Waals surface area (Å²) < 4.78 is 6.27. The van der Waals surface area contributed by atoms with Gasteiger partial charge in [0.25, 0.3) is 0 Å². The van der Waals surface area contributed by atoms with Gasteiger partial charge in [-0.05, 0) is 76.0 Å². The molecule has 0 radical (unpaired) electrons. The second-order valence-electron chi connectivity index (χ2n) is 10.6. The van der Waals surface area contributed by atoms with Gasteiger partial charge in [-0.25, -0.2) is 0 Å². The summed E-state index contributed by atoms with van der Waals surface area (Å²) >= 11 is 0. The third-order valence-corrected chi connectivity index (χ3v) is 8.05. The molecule has 0 aliphatic carbocycles. The van der Waals surface area contributed by atoms with Crippen molar-refractivity contribution in [2.45, 2.75) is 0 Å². The number of para-hydroxylation sites is 3. The van der Waals surface area contributed by atoms with Crippen LogP contribution in [0.2, 0.25) is 0 Å². The lowest BCUT2D eigenvalue weighted by Crippen LogP contribution is -2.11. The molecule has 198 valence electrons. The lowest BCUT2D eigenvalue weighted by Gasteiger charge is -2.28. The molecule has 0 fully saturated rings. The van der Waals surface area contributed by atoms with Crippen LogP contribution < -0.4 is 4.90 Å². The van der Waals surface area contributed by atoms with Gasteiger partial charge in [-0.1, -0.05) is 115 Å². The third kappa shape index (κ3) is 4.13. The molecule has 2 heteroatoms. The van der Waals surface area contributed by atoms with Crippen LogP contribution in [-0.2, 0) is 0 Å². The van der Waals surface area contributed by atoms with E-state index < -0.39 is 0 Å². The maximum atomic E-state index is 6.27. The van der Waals surface area contributed by atoms with E-state index in [-0.39, 0.29) is 0 Å². The van der Waals surface area contributed by atoms with Gasteiger partial charge in [0.15, 0.2) is 0 Å². The third-order valence-electron chi connectivity index (χ3n) is 8.05. The number of anilines is 3. The molecule has 0 atom stereocenters. The summed E-state index contributed by atoms with van der Waals surface area (Å²) in [7, 11) is 0. The Balaban J connectivity index is 1.31. The normalized spacial score (nSPS) is 11.3. The Labute approximate surface area is 244 Å². The van der Waals surface area contributed by atoms with Crippen LogP contribution in [0.1, 0.15) is 0 Å². The van der Waals surface area contributed by atoms with Crippen molar-refractivity contribution in [2.24, 2.45) is 0 Å². The maximum Gasteiger partial charge on any atom is 0.136 e. The first-order valence-electron chi connectivity index (χ1n) is 14.3. The fourth-order valence-electron chi connectivity index (χ4n) is 6.10. The van der Waals surface area contributed by atoms with Crippen molar-refractivity contribution >= 4 is 49.8 Å². The molecule has 0 unspecified atom stereocenters. The van der Waals surface area contributed by atoms with Crippen molar-refractivity contribution < 1.29 is 4.42 Å². The van der Waals surface area contributed by atoms with Crippen molar-refractivity contribution in [3.05, 3.63) is 164 Å². The first-order chi connectivity index (χ1) is 20.8. The van der Waals surface area contributed by atoms with E-state index in [1.54, 1.807) is 0 Å². The van der Waals surface area contributed by atoms with Crippen molar-refractivity contribution in [3.63, 3.8) is 0 Å². The van der Waals surface area contributed by atoms with Gasteiger partial charge >= 0.3 is 0 Å². The summed E-state index contributed by atoms with van der Waals surface area (Å²) in [5, 5.41) is 4.77. The number of benzene rings is 7. The van der Waals surface area contributed by atoms with Gasteiger partial charge < -0.3 is 9.32 Å². The van der Waals surface area contributed by atoms with Gasteiger partial charge in [-0.3, -0.25) is 0 Å². The van der Waals surface area contributed by atoms with Gasteiger partial charge in [0, 0.05) is 27.7 Å². The Morgan fingerprint density at radius 1 is 0.381 bits per heavy atom. The van der Waals surface area contributed by atoms with E-state index >= 15 is 0 Å². The fourth-order valence-corrected chi connectivity index (χ4v) is 6.10. The quantitative estimate of drug-likeness (QED) is 0.217. The van der Waals surface area contributed by atoms with Crippen molar-refractivity contribution in [1.29, 1.82) is 0 Å². The Hall–Kier alpha value is -5.60. The summed E-state index contributed by atoms with van der Waals surface area (Å²) in [6.07, 6.45) is 0. The van der Waals surface area contributed by atoms with Crippen LogP contribution in [0.5, 0.6) is 0 Å². The minimum Gasteiger partial charge on any atom is -0.456 e. The molecule has 0 N–H and O–H groups in total. The molecule has 1 heterocycles. The zero-order valence-electron chi connectivity index (χ0n) is 22.9. The monoisotopic (exact) mass is 537 g/mol. The number of nitrogens with zero attached hydrogens (tertiary/aromatic N) is 1. The van der Waals surface area contributed by atoms with E-state index in [2.05, 4.69) is 157 Å².